The highest BCUT2D eigenvalue weighted by Crippen LogP contribution is 2.61. The summed E-state index contributed by atoms with van der Waals surface area (Å²) in [5, 5.41) is 0. The molecule has 4 fully saturated rings. The quantitative estimate of drug-likeness (QED) is 0.597. The highest BCUT2D eigenvalue weighted by Gasteiger charge is 2.53. The van der Waals surface area contributed by atoms with Gasteiger partial charge in [0.05, 0.1) is 11.9 Å². The van der Waals surface area contributed by atoms with Crippen molar-refractivity contribution in [1.82, 2.24) is 0 Å². The summed E-state index contributed by atoms with van der Waals surface area (Å²) in [6.07, 6.45) is 10.9. The first-order valence-corrected chi connectivity index (χ1v) is 7.93. The van der Waals surface area contributed by atoms with E-state index in [4.69, 9.17) is 10.7 Å². The van der Waals surface area contributed by atoms with Crippen molar-refractivity contribution in [3.8, 4) is 0 Å². The van der Waals surface area contributed by atoms with Crippen molar-refractivity contribution in [1.29, 1.82) is 0 Å². The van der Waals surface area contributed by atoms with Gasteiger partial charge < -0.3 is 5.73 Å². The molecule has 0 saturated heterocycles. The van der Waals surface area contributed by atoms with Gasteiger partial charge in [-0.05, 0) is 75.0 Å². The third-order valence-corrected chi connectivity index (χ3v) is 5.84. The van der Waals surface area contributed by atoms with Crippen molar-refractivity contribution in [3.05, 3.63) is 0 Å². The molecule has 4 rings (SSSR count). The number of hydrogen-bond donors (Lipinski definition) is 1. The number of rotatable bonds is 4. The van der Waals surface area contributed by atoms with Crippen LogP contribution in [0.4, 0.5) is 0 Å². The van der Waals surface area contributed by atoms with Crippen molar-refractivity contribution >= 4 is 5.84 Å². The Balaban J connectivity index is 1.76. The van der Waals surface area contributed by atoms with E-state index in [0.29, 0.717) is 11.5 Å². The third kappa shape index (κ3) is 2.08. The Morgan fingerprint density at radius 1 is 1.17 bits per heavy atom. The van der Waals surface area contributed by atoms with Crippen LogP contribution in [0.2, 0.25) is 0 Å². The van der Waals surface area contributed by atoms with Crippen molar-refractivity contribution in [2.75, 3.05) is 0 Å². The maximum Gasteiger partial charge on any atom is 0.0940 e. The zero-order chi connectivity index (χ0) is 12.8. The Morgan fingerprint density at radius 2 is 1.67 bits per heavy atom. The Labute approximate surface area is 111 Å². The minimum absolute atomic E-state index is 0.456. The van der Waals surface area contributed by atoms with Gasteiger partial charge >= 0.3 is 0 Å². The minimum atomic E-state index is 0.456. The third-order valence-electron chi connectivity index (χ3n) is 5.84. The van der Waals surface area contributed by atoms with Crippen molar-refractivity contribution in [3.63, 3.8) is 0 Å². The fraction of sp³-hybridized carbons (Fsp3) is 0.938. The lowest BCUT2D eigenvalue weighted by atomic mass is 9.48. The smallest absolute Gasteiger partial charge is 0.0940 e. The monoisotopic (exact) mass is 248 g/mol. The summed E-state index contributed by atoms with van der Waals surface area (Å²) in [4.78, 5) is 4.85. The molecule has 0 amide bonds. The average Bonchev–Trinajstić information content (AvgIpc) is 2.27. The maximum absolute atomic E-state index is 6.05. The van der Waals surface area contributed by atoms with E-state index < -0.39 is 0 Å². The van der Waals surface area contributed by atoms with Crippen LogP contribution in [0.3, 0.4) is 0 Å². The van der Waals surface area contributed by atoms with Gasteiger partial charge in [0.2, 0.25) is 0 Å². The first kappa shape index (κ1) is 12.5. The van der Waals surface area contributed by atoms with Crippen LogP contribution in [0.5, 0.6) is 0 Å². The van der Waals surface area contributed by atoms with E-state index in [-0.39, 0.29) is 0 Å². The molecule has 1 atom stereocenters. The molecule has 0 aromatic carbocycles. The number of amidine groups is 1. The molecule has 4 aliphatic rings. The second kappa shape index (κ2) is 4.54. The second-order valence-corrected chi connectivity index (χ2v) is 7.33. The molecular formula is C16H28N2. The van der Waals surface area contributed by atoms with Gasteiger partial charge in [-0.15, -0.1) is 0 Å². The summed E-state index contributed by atoms with van der Waals surface area (Å²) in [6.45, 7) is 4.51. The van der Waals surface area contributed by atoms with Crippen molar-refractivity contribution in [2.45, 2.75) is 71.3 Å². The molecule has 0 aromatic rings. The fourth-order valence-electron chi connectivity index (χ4n) is 5.40. The molecule has 2 N–H and O–H groups in total. The fourth-order valence-corrected chi connectivity index (χ4v) is 5.40. The Kier molecular flexibility index (Phi) is 3.15. The molecule has 0 heterocycles. The summed E-state index contributed by atoms with van der Waals surface area (Å²) in [7, 11) is 0. The van der Waals surface area contributed by atoms with E-state index in [2.05, 4.69) is 13.8 Å². The molecule has 0 aliphatic heterocycles. The summed E-state index contributed by atoms with van der Waals surface area (Å²) < 4.78 is 0. The summed E-state index contributed by atoms with van der Waals surface area (Å²) in [5.74, 6) is 3.93. The average molecular weight is 248 g/mol. The zero-order valence-electron chi connectivity index (χ0n) is 12.0. The van der Waals surface area contributed by atoms with Gasteiger partial charge in [-0.3, -0.25) is 4.99 Å². The Bertz CT molecular complexity index is 310. The van der Waals surface area contributed by atoms with Crippen LogP contribution in [0.25, 0.3) is 0 Å². The lowest BCUT2D eigenvalue weighted by Gasteiger charge is -2.58. The largest absolute Gasteiger partial charge is 0.387 e. The predicted octanol–water partition coefficient (Wildman–Crippen LogP) is 3.75. The summed E-state index contributed by atoms with van der Waals surface area (Å²) >= 11 is 0. The lowest BCUT2D eigenvalue weighted by molar-refractivity contribution is -0.0633. The zero-order valence-corrected chi connectivity index (χ0v) is 12.0. The standard InChI is InChI=1S/C16H28N2/c1-3-4-15(17)18-11(2)16-8-12-5-13(9-16)7-14(6-12)10-16/h11-14H,3-10H2,1-2H3,(H2,17,18). The van der Waals surface area contributed by atoms with Crippen LogP contribution in [0.15, 0.2) is 4.99 Å². The predicted molar refractivity (Wildman–Crippen MR) is 76.6 cm³/mol. The van der Waals surface area contributed by atoms with Crippen molar-refractivity contribution in [2.24, 2.45) is 33.9 Å². The van der Waals surface area contributed by atoms with Gasteiger partial charge in [-0.25, -0.2) is 0 Å². The minimum Gasteiger partial charge on any atom is -0.387 e. The van der Waals surface area contributed by atoms with Gasteiger partial charge in [-0.2, -0.15) is 0 Å². The second-order valence-electron chi connectivity index (χ2n) is 7.33. The summed E-state index contributed by atoms with van der Waals surface area (Å²) in [6, 6.07) is 0.456. The van der Waals surface area contributed by atoms with E-state index in [9.17, 15) is 0 Å². The van der Waals surface area contributed by atoms with Gasteiger partial charge in [0.1, 0.15) is 0 Å². The highest BCUT2D eigenvalue weighted by molar-refractivity contribution is 5.80. The van der Waals surface area contributed by atoms with E-state index in [1.54, 1.807) is 0 Å². The Morgan fingerprint density at radius 3 is 2.11 bits per heavy atom. The molecule has 18 heavy (non-hydrogen) atoms. The maximum atomic E-state index is 6.05. The molecule has 102 valence electrons. The molecule has 0 spiro atoms. The van der Waals surface area contributed by atoms with Gasteiger partial charge in [0.15, 0.2) is 0 Å². The number of nitrogens with zero attached hydrogens (tertiary/aromatic N) is 1. The first-order chi connectivity index (χ1) is 8.61. The van der Waals surface area contributed by atoms with E-state index >= 15 is 0 Å². The molecule has 1 unspecified atom stereocenters. The van der Waals surface area contributed by atoms with Crippen LogP contribution < -0.4 is 5.73 Å². The topological polar surface area (TPSA) is 38.4 Å². The summed E-state index contributed by atoms with van der Waals surface area (Å²) in [5.41, 5.74) is 6.57. The molecule has 4 bridgehead atoms. The molecule has 2 nitrogen and oxygen atoms in total. The Hall–Kier alpha value is -0.530. The van der Waals surface area contributed by atoms with E-state index in [0.717, 1.165) is 36.4 Å². The van der Waals surface area contributed by atoms with Gasteiger partial charge in [0.25, 0.3) is 0 Å². The van der Waals surface area contributed by atoms with Gasteiger partial charge in [0, 0.05) is 6.42 Å². The number of hydrogen-bond acceptors (Lipinski definition) is 1. The normalized spacial score (nSPS) is 44.3. The van der Waals surface area contributed by atoms with Crippen molar-refractivity contribution < 1.29 is 0 Å². The molecule has 4 aliphatic carbocycles. The van der Waals surface area contributed by atoms with Gasteiger partial charge in [-0.1, -0.05) is 6.92 Å². The SMILES string of the molecule is CCCC(N)=NC(C)C12CC3CC(CC(C3)C1)C2. The van der Waals surface area contributed by atoms with E-state index in [1.807, 2.05) is 0 Å². The molecule has 2 heteroatoms. The number of nitrogens with two attached hydrogens (primary N) is 1. The van der Waals surface area contributed by atoms with Crippen LogP contribution in [-0.2, 0) is 0 Å². The van der Waals surface area contributed by atoms with Crippen LogP contribution >= 0.6 is 0 Å². The highest BCUT2D eigenvalue weighted by atomic mass is 14.9. The van der Waals surface area contributed by atoms with E-state index in [1.165, 1.54) is 38.5 Å². The molecule has 4 saturated carbocycles. The van der Waals surface area contributed by atoms with Crippen LogP contribution in [-0.4, -0.2) is 11.9 Å². The van der Waals surface area contributed by atoms with Crippen LogP contribution in [0, 0.1) is 23.2 Å². The first-order valence-electron chi connectivity index (χ1n) is 7.93. The lowest BCUT2D eigenvalue weighted by Crippen LogP contribution is -2.50. The number of aliphatic imine (C=N–C) groups is 1. The molecule has 0 radical (unpaired) electrons. The molecule has 0 aromatic heterocycles. The molecular weight excluding hydrogens is 220 g/mol. The van der Waals surface area contributed by atoms with Crippen LogP contribution in [0.1, 0.15) is 65.2 Å².